The van der Waals surface area contributed by atoms with E-state index >= 15 is 0 Å². The molecule has 0 aromatic carbocycles. The summed E-state index contributed by atoms with van der Waals surface area (Å²) >= 11 is 5.60. The summed E-state index contributed by atoms with van der Waals surface area (Å²) in [5.41, 5.74) is 0. The van der Waals surface area contributed by atoms with Gasteiger partial charge in [-0.3, -0.25) is 0 Å². The molecule has 0 aromatic rings. The number of rotatable bonds is 14. The van der Waals surface area contributed by atoms with E-state index in [0.29, 0.717) is 0 Å². The highest BCUT2D eigenvalue weighted by Crippen LogP contribution is 2.12. The Kier molecular flexibility index (Phi) is 16.0. The van der Waals surface area contributed by atoms with Gasteiger partial charge in [-0.1, -0.05) is 44.3 Å². The number of methoxy groups -OCH3 is 2. The third-order valence-corrected chi connectivity index (χ3v) is 3.50. The van der Waals surface area contributed by atoms with E-state index in [1.54, 1.807) is 14.2 Å². The summed E-state index contributed by atoms with van der Waals surface area (Å²) in [5, 5.41) is 0. The van der Waals surface area contributed by atoms with E-state index in [1.165, 1.54) is 51.4 Å². The fraction of sp³-hybridized carbons (Fsp3) is 0.875. The molecule has 0 saturated heterocycles. The molecule has 0 aromatic heterocycles. The smallest absolute Gasteiger partial charge is 0.156 e. The Labute approximate surface area is 124 Å². The Morgan fingerprint density at radius 2 is 1.32 bits per heavy atom. The second-order valence-electron chi connectivity index (χ2n) is 4.90. The van der Waals surface area contributed by atoms with Gasteiger partial charge in [0.2, 0.25) is 0 Å². The number of hydrogen-bond acceptors (Lipinski definition) is 2. The normalized spacial score (nSPS) is 11.8. The van der Waals surface area contributed by atoms with Crippen LogP contribution in [0.15, 0.2) is 12.2 Å². The third kappa shape index (κ3) is 14.2. The molecule has 0 bridgehead atoms. The molecule has 0 aliphatic carbocycles. The fourth-order valence-electron chi connectivity index (χ4n) is 2.09. The zero-order valence-corrected chi connectivity index (χ0v) is 13.5. The Balaban J connectivity index is 3.10. The van der Waals surface area contributed by atoms with Gasteiger partial charge in [-0.05, 0) is 32.1 Å². The number of ether oxygens (including phenoxy) is 2. The third-order valence-electron chi connectivity index (χ3n) is 3.28. The van der Waals surface area contributed by atoms with Crippen molar-refractivity contribution in [2.75, 3.05) is 20.1 Å². The van der Waals surface area contributed by atoms with Crippen molar-refractivity contribution in [1.29, 1.82) is 0 Å². The summed E-state index contributed by atoms with van der Waals surface area (Å²) in [6.45, 7) is 0. The molecule has 114 valence electrons. The van der Waals surface area contributed by atoms with Gasteiger partial charge in [0.05, 0.1) is 0 Å². The lowest BCUT2D eigenvalue weighted by atomic mass is 10.1. The molecule has 0 heterocycles. The molecule has 0 aliphatic heterocycles. The van der Waals surface area contributed by atoms with Crippen molar-refractivity contribution >= 4 is 11.6 Å². The minimum atomic E-state index is -0.0141. The Bertz CT molecular complexity index is 191. The monoisotopic (exact) mass is 290 g/mol. The molecule has 0 N–H and O–H groups in total. The Morgan fingerprint density at radius 3 is 1.89 bits per heavy atom. The minimum absolute atomic E-state index is 0.0141. The van der Waals surface area contributed by atoms with Crippen molar-refractivity contribution in [3.63, 3.8) is 0 Å². The number of hydrogen-bond donors (Lipinski definition) is 0. The van der Waals surface area contributed by atoms with Crippen LogP contribution in [0.1, 0.15) is 64.2 Å². The van der Waals surface area contributed by atoms with Gasteiger partial charge in [-0.15, -0.1) is 11.6 Å². The van der Waals surface area contributed by atoms with Crippen molar-refractivity contribution in [2.45, 2.75) is 70.5 Å². The lowest BCUT2D eigenvalue weighted by Gasteiger charge is -2.12. The zero-order chi connectivity index (χ0) is 14.2. The molecule has 0 saturated carbocycles. The van der Waals surface area contributed by atoms with E-state index in [1.807, 2.05) is 0 Å². The number of allylic oxidation sites excluding steroid dienone is 2. The molecule has 0 radical (unpaired) electrons. The maximum Gasteiger partial charge on any atom is 0.156 e. The van der Waals surface area contributed by atoms with E-state index in [9.17, 15) is 0 Å². The van der Waals surface area contributed by atoms with Gasteiger partial charge in [-0.2, -0.15) is 0 Å². The minimum Gasteiger partial charge on any atom is -0.356 e. The van der Waals surface area contributed by atoms with Gasteiger partial charge in [0.15, 0.2) is 6.29 Å². The zero-order valence-electron chi connectivity index (χ0n) is 12.7. The average molecular weight is 291 g/mol. The molecule has 0 spiro atoms. The molecule has 0 fully saturated rings. The van der Waals surface area contributed by atoms with Gasteiger partial charge >= 0.3 is 0 Å². The first-order valence-corrected chi connectivity index (χ1v) is 8.15. The van der Waals surface area contributed by atoms with Crippen molar-refractivity contribution < 1.29 is 9.47 Å². The summed E-state index contributed by atoms with van der Waals surface area (Å²) in [4.78, 5) is 0. The van der Waals surface area contributed by atoms with Crippen molar-refractivity contribution in [1.82, 2.24) is 0 Å². The Morgan fingerprint density at radius 1 is 0.789 bits per heavy atom. The predicted molar refractivity (Wildman–Crippen MR) is 83.8 cm³/mol. The summed E-state index contributed by atoms with van der Waals surface area (Å²) in [7, 11) is 3.41. The number of unbranched alkanes of at least 4 members (excludes halogenated alkanes) is 7. The lowest BCUT2D eigenvalue weighted by molar-refractivity contribution is -0.107. The second kappa shape index (κ2) is 16.0. The molecule has 0 atom stereocenters. The molecule has 0 unspecified atom stereocenters. The van der Waals surface area contributed by atoms with Crippen molar-refractivity contribution in [3.05, 3.63) is 12.2 Å². The average Bonchev–Trinajstić information content (AvgIpc) is 2.44. The molecule has 0 aliphatic rings. The van der Waals surface area contributed by atoms with Gasteiger partial charge in [-0.25, -0.2) is 0 Å². The highest BCUT2D eigenvalue weighted by atomic mass is 35.5. The first kappa shape index (κ1) is 18.9. The van der Waals surface area contributed by atoms with E-state index < -0.39 is 0 Å². The Hall–Kier alpha value is -0.0500. The molecule has 0 amide bonds. The number of alkyl halides is 1. The van der Waals surface area contributed by atoms with Gasteiger partial charge < -0.3 is 9.47 Å². The molecule has 0 rings (SSSR count). The van der Waals surface area contributed by atoms with Crippen molar-refractivity contribution in [3.8, 4) is 0 Å². The topological polar surface area (TPSA) is 18.5 Å². The highest BCUT2D eigenvalue weighted by molar-refractivity contribution is 6.17. The number of halogens is 1. The van der Waals surface area contributed by atoms with Crippen LogP contribution in [0.4, 0.5) is 0 Å². The van der Waals surface area contributed by atoms with Crippen LogP contribution >= 0.6 is 11.6 Å². The predicted octanol–water partition coefficient (Wildman–Crippen LogP) is 5.30. The van der Waals surface area contributed by atoms with Crippen molar-refractivity contribution in [2.24, 2.45) is 0 Å². The fourth-order valence-corrected chi connectivity index (χ4v) is 2.21. The SMILES string of the molecule is COC(CCCCCCCCC/C=C/CCCl)OC. The van der Waals surface area contributed by atoms with Gasteiger partial charge in [0.1, 0.15) is 0 Å². The summed E-state index contributed by atoms with van der Waals surface area (Å²) < 4.78 is 10.3. The van der Waals surface area contributed by atoms with E-state index in [2.05, 4.69) is 12.2 Å². The van der Waals surface area contributed by atoms with E-state index in [0.717, 1.165) is 18.7 Å². The van der Waals surface area contributed by atoms with Crippen LogP contribution in [0.5, 0.6) is 0 Å². The highest BCUT2D eigenvalue weighted by Gasteiger charge is 2.03. The summed E-state index contributed by atoms with van der Waals surface area (Å²) in [5.74, 6) is 0.740. The standard InChI is InChI=1S/C16H31ClO2/c1-18-16(19-2)14-12-10-8-6-4-3-5-7-9-11-13-15-17/h9,11,16H,3-8,10,12-15H2,1-2H3/b11-9+. The maximum absolute atomic E-state index is 5.60. The first-order valence-electron chi connectivity index (χ1n) is 7.61. The molecular formula is C16H31ClO2. The lowest BCUT2D eigenvalue weighted by Crippen LogP contribution is -2.12. The van der Waals surface area contributed by atoms with Crippen LogP contribution in [0, 0.1) is 0 Å². The summed E-state index contributed by atoms with van der Waals surface area (Å²) in [6.07, 6.45) is 16.9. The quantitative estimate of drug-likeness (QED) is 0.187. The van der Waals surface area contributed by atoms with Crippen LogP contribution in [0.25, 0.3) is 0 Å². The summed E-state index contributed by atoms with van der Waals surface area (Å²) in [6, 6.07) is 0. The van der Waals surface area contributed by atoms with Crippen LogP contribution < -0.4 is 0 Å². The van der Waals surface area contributed by atoms with Crippen LogP contribution in [-0.4, -0.2) is 26.4 Å². The molecular weight excluding hydrogens is 260 g/mol. The molecule has 3 heteroatoms. The van der Waals surface area contributed by atoms with E-state index in [-0.39, 0.29) is 6.29 Å². The van der Waals surface area contributed by atoms with Gasteiger partial charge in [0.25, 0.3) is 0 Å². The first-order chi connectivity index (χ1) is 9.35. The molecule has 2 nitrogen and oxygen atoms in total. The van der Waals surface area contributed by atoms with Crippen LogP contribution in [0.3, 0.4) is 0 Å². The van der Waals surface area contributed by atoms with Crippen LogP contribution in [0.2, 0.25) is 0 Å². The van der Waals surface area contributed by atoms with Gasteiger partial charge in [0, 0.05) is 20.1 Å². The maximum atomic E-state index is 5.60. The van der Waals surface area contributed by atoms with E-state index in [4.69, 9.17) is 21.1 Å². The van der Waals surface area contributed by atoms with Crippen LogP contribution in [-0.2, 0) is 9.47 Å². The largest absolute Gasteiger partial charge is 0.356 e. The second-order valence-corrected chi connectivity index (χ2v) is 5.28. The molecule has 19 heavy (non-hydrogen) atoms.